The summed E-state index contributed by atoms with van der Waals surface area (Å²) in [6.07, 6.45) is 1.01. The van der Waals surface area contributed by atoms with Crippen molar-refractivity contribution in [3.05, 3.63) is 41.0 Å². The quantitative estimate of drug-likeness (QED) is 0.469. The van der Waals surface area contributed by atoms with Crippen LogP contribution < -0.4 is 5.32 Å². The number of alkyl halides is 1. The van der Waals surface area contributed by atoms with E-state index < -0.39 is 0 Å². The summed E-state index contributed by atoms with van der Waals surface area (Å²) in [6.45, 7) is 6.67. The number of rotatable bonds is 5. The van der Waals surface area contributed by atoms with E-state index in [0.29, 0.717) is 23.6 Å². The van der Waals surface area contributed by atoms with Gasteiger partial charge in [0.25, 0.3) is 5.91 Å². The standard InChI is InChI=1S/C17H20INO2/c1-4-10(3)15(18)13-11-8-6-7-9-12(11)16(20)14(13)17(21)19-5-2/h6-10,15H,4-5H2,1-3H3,(H,19,21). The smallest absolute Gasteiger partial charge is 0.255 e. The van der Waals surface area contributed by atoms with Crippen molar-refractivity contribution in [1.82, 2.24) is 5.32 Å². The van der Waals surface area contributed by atoms with Crippen LogP contribution in [0.4, 0.5) is 0 Å². The first kappa shape index (κ1) is 16.2. The predicted molar refractivity (Wildman–Crippen MR) is 93.6 cm³/mol. The molecule has 0 saturated carbocycles. The molecule has 4 heteroatoms. The zero-order valence-corrected chi connectivity index (χ0v) is 14.7. The first-order valence-corrected chi connectivity index (χ1v) is 8.57. The lowest BCUT2D eigenvalue weighted by molar-refractivity contribution is -0.117. The lowest BCUT2D eigenvalue weighted by Crippen LogP contribution is -2.28. The molecule has 1 aromatic carbocycles. The highest BCUT2D eigenvalue weighted by molar-refractivity contribution is 14.1. The van der Waals surface area contributed by atoms with Crippen LogP contribution in [0, 0.1) is 5.92 Å². The van der Waals surface area contributed by atoms with Gasteiger partial charge in [0.15, 0.2) is 5.78 Å². The molecule has 0 fully saturated rings. The Hall–Kier alpha value is -1.17. The molecule has 2 rings (SSSR count). The topological polar surface area (TPSA) is 46.2 Å². The molecule has 0 aromatic heterocycles. The number of carbonyl (C=O) groups excluding carboxylic acids is 2. The van der Waals surface area contributed by atoms with Crippen molar-refractivity contribution in [2.45, 2.75) is 31.1 Å². The van der Waals surface area contributed by atoms with E-state index in [9.17, 15) is 9.59 Å². The monoisotopic (exact) mass is 397 g/mol. The number of nitrogens with one attached hydrogen (secondary N) is 1. The summed E-state index contributed by atoms with van der Waals surface area (Å²) in [7, 11) is 0. The van der Waals surface area contributed by atoms with Gasteiger partial charge in [-0.25, -0.2) is 0 Å². The van der Waals surface area contributed by atoms with Crippen molar-refractivity contribution < 1.29 is 9.59 Å². The van der Waals surface area contributed by atoms with Gasteiger partial charge < -0.3 is 5.32 Å². The summed E-state index contributed by atoms with van der Waals surface area (Å²) in [6, 6.07) is 7.53. The molecule has 1 amide bonds. The molecular formula is C17H20INO2. The Morgan fingerprint density at radius 1 is 1.24 bits per heavy atom. The summed E-state index contributed by atoms with van der Waals surface area (Å²) >= 11 is 2.36. The Balaban J connectivity index is 2.58. The molecule has 2 unspecified atom stereocenters. The molecule has 112 valence electrons. The van der Waals surface area contributed by atoms with Crippen LogP contribution >= 0.6 is 22.6 Å². The highest BCUT2D eigenvalue weighted by atomic mass is 127. The van der Waals surface area contributed by atoms with Gasteiger partial charge >= 0.3 is 0 Å². The van der Waals surface area contributed by atoms with Gasteiger partial charge in [0.05, 0.1) is 5.57 Å². The summed E-state index contributed by atoms with van der Waals surface area (Å²) < 4.78 is 0.151. The van der Waals surface area contributed by atoms with E-state index >= 15 is 0 Å². The Bertz CT molecular complexity index is 607. The second kappa shape index (κ2) is 6.73. The van der Waals surface area contributed by atoms with Crippen LogP contribution in [-0.2, 0) is 4.79 Å². The average molecular weight is 397 g/mol. The van der Waals surface area contributed by atoms with Gasteiger partial charge in [0.2, 0.25) is 0 Å². The SMILES string of the molecule is CCNC(=O)C1=C(C(I)C(C)CC)c2ccccc2C1=O. The molecule has 21 heavy (non-hydrogen) atoms. The number of likely N-dealkylation sites (N-methyl/N-ethyl adjacent to an activating group) is 1. The van der Waals surface area contributed by atoms with Crippen molar-refractivity contribution in [3.63, 3.8) is 0 Å². The molecule has 1 aromatic rings. The molecule has 0 saturated heterocycles. The average Bonchev–Trinajstić information content (AvgIpc) is 2.79. The summed E-state index contributed by atoms with van der Waals surface area (Å²) in [5.41, 5.74) is 2.80. The number of fused-ring (bicyclic) bond motifs is 1. The maximum Gasteiger partial charge on any atom is 0.255 e. The first-order chi connectivity index (χ1) is 10.0. The Kier molecular flexibility index (Phi) is 5.19. The molecule has 1 N–H and O–H groups in total. The Morgan fingerprint density at radius 3 is 2.43 bits per heavy atom. The fourth-order valence-electron chi connectivity index (χ4n) is 2.56. The Labute approximate surface area is 139 Å². The van der Waals surface area contributed by atoms with Crippen LogP contribution in [0.3, 0.4) is 0 Å². The van der Waals surface area contributed by atoms with Crippen molar-refractivity contribution in [3.8, 4) is 0 Å². The highest BCUT2D eigenvalue weighted by Gasteiger charge is 2.37. The number of amides is 1. The minimum absolute atomic E-state index is 0.142. The second-order valence-electron chi connectivity index (χ2n) is 5.31. The van der Waals surface area contributed by atoms with Gasteiger partial charge in [-0.1, -0.05) is 67.1 Å². The second-order valence-corrected chi connectivity index (χ2v) is 6.65. The van der Waals surface area contributed by atoms with Crippen LogP contribution in [0.25, 0.3) is 5.57 Å². The van der Waals surface area contributed by atoms with Gasteiger partial charge in [0, 0.05) is 16.0 Å². The predicted octanol–water partition coefficient (Wildman–Crippen LogP) is 3.62. The van der Waals surface area contributed by atoms with Gasteiger partial charge in [-0.2, -0.15) is 0 Å². The van der Waals surface area contributed by atoms with Crippen molar-refractivity contribution in [2.24, 2.45) is 5.92 Å². The zero-order valence-electron chi connectivity index (χ0n) is 12.6. The first-order valence-electron chi connectivity index (χ1n) is 7.33. The third kappa shape index (κ3) is 2.91. The molecule has 0 heterocycles. The largest absolute Gasteiger partial charge is 0.352 e. The molecule has 2 atom stereocenters. The van der Waals surface area contributed by atoms with Crippen LogP contribution in [0.2, 0.25) is 0 Å². The van der Waals surface area contributed by atoms with Crippen LogP contribution in [0.15, 0.2) is 29.8 Å². The Morgan fingerprint density at radius 2 is 1.86 bits per heavy atom. The van der Waals surface area contributed by atoms with E-state index in [1.54, 1.807) is 0 Å². The number of allylic oxidation sites excluding steroid dienone is 1. The number of halogens is 1. The fourth-order valence-corrected chi connectivity index (χ4v) is 3.72. The van der Waals surface area contributed by atoms with Gasteiger partial charge in [-0.05, 0) is 24.0 Å². The summed E-state index contributed by atoms with van der Waals surface area (Å²) in [4.78, 5) is 25.0. The number of hydrogen-bond acceptors (Lipinski definition) is 2. The minimum Gasteiger partial charge on any atom is -0.352 e. The van der Waals surface area contributed by atoms with E-state index in [1.165, 1.54) is 0 Å². The third-order valence-electron chi connectivity index (χ3n) is 3.94. The summed E-state index contributed by atoms with van der Waals surface area (Å²) in [5.74, 6) is 0.0131. The number of ketones is 1. The molecule has 0 radical (unpaired) electrons. The molecule has 1 aliphatic rings. The number of benzene rings is 1. The van der Waals surface area contributed by atoms with Crippen LogP contribution in [-0.4, -0.2) is 22.2 Å². The lowest BCUT2D eigenvalue weighted by atomic mass is 9.93. The maximum atomic E-state index is 12.6. The number of hydrogen-bond donors (Lipinski definition) is 1. The summed E-state index contributed by atoms with van der Waals surface area (Å²) in [5, 5.41) is 2.77. The molecule has 1 aliphatic carbocycles. The zero-order chi connectivity index (χ0) is 15.6. The van der Waals surface area contributed by atoms with Gasteiger partial charge in [-0.15, -0.1) is 0 Å². The highest BCUT2D eigenvalue weighted by Crippen LogP contribution is 2.41. The van der Waals surface area contributed by atoms with Gasteiger partial charge in [-0.3, -0.25) is 9.59 Å². The van der Waals surface area contributed by atoms with E-state index in [1.807, 2.05) is 31.2 Å². The van der Waals surface area contributed by atoms with Crippen molar-refractivity contribution in [2.75, 3.05) is 6.54 Å². The molecule has 3 nitrogen and oxygen atoms in total. The van der Waals surface area contributed by atoms with E-state index in [2.05, 4.69) is 41.8 Å². The van der Waals surface area contributed by atoms with E-state index in [4.69, 9.17) is 0 Å². The van der Waals surface area contributed by atoms with Crippen LogP contribution in [0.5, 0.6) is 0 Å². The van der Waals surface area contributed by atoms with Gasteiger partial charge in [0.1, 0.15) is 0 Å². The van der Waals surface area contributed by atoms with Crippen molar-refractivity contribution in [1.29, 1.82) is 0 Å². The number of Topliss-reactive ketones (excluding diaryl/α,β-unsaturated/α-hetero) is 1. The van der Waals surface area contributed by atoms with E-state index in [0.717, 1.165) is 17.6 Å². The molecule has 0 spiro atoms. The molecular weight excluding hydrogens is 377 g/mol. The number of carbonyl (C=O) groups is 2. The molecule has 0 aliphatic heterocycles. The lowest BCUT2D eigenvalue weighted by Gasteiger charge is -2.20. The third-order valence-corrected chi connectivity index (χ3v) is 5.79. The minimum atomic E-state index is -0.251. The van der Waals surface area contributed by atoms with E-state index in [-0.39, 0.29) is 15.6 Å². The fraction of sp³-hybridized carbons (Fsp3) is 0.412. The van der Waals surface area contributed by atoms with Crippen molar-refractivity contribution >= 4 is 39.9 Å². The maximum absolute atomic E-state index is 12.6. The molecule has 0 bridgehead atoms. The normalized spacial score (nSPS) is 16.7. The van der Waals surface area contributed by atoms with Crippen LogP contribution in [0.1, 0.15) is 43.1 Å².